The Morgan fingerprint density at radius 2 is 1.94 bits per heavy atom. The van der Waals surface area contributed by atoms with Crippen LogP contribution in [0.1, 0.15) is 24.2 Å². The molecule has 0 unspecified atom stereocenters. The number of hydrogen-bond donors (Lipinski definition) is 0. The summed E-state index contributed by atoms with van der Waals surface area (Å²) in [6, 6.07) is 5.12. The molecule has 0 amide bonds. The highest BCUT2D eigenvalue weighted by molar-refractivity contribution is 5.90. The minimum absolute atomic E-state index is 0.0854. The Hall–Kier alpha value is -2.35. The molecule has 88 valence electrons. The molecule has 1 rings (SSSR count). The molecule has 0 radical (unpaired) electrons. The fourth-order valence-electron chi connectivity index (χ4n) is 1.04. The number of terminal acetylenes is 1. The van der Waals surface area contributed by atoms with E-state index in [4.69, 9.17) is 11.2 Å². The fraction of sp³-hybridized carbons (Fsp3) is 0.250. The van der Waals surface area contributed by atoms with Crippen molar-refractivity contribution in [2.24, 2.45) is 0 Å². The van der Waals surface area contributed by atoms with E-state index in [-0.39, 0.29) is 11.3 Å². The lowest BCUT2D eigenvalue weighted by Gasteiger charge is -2.18. The number of nitrogens with zero attached hydrogens (tertiary/aromatic N) is 1. The van der Waals surface area contributed by atoms with Crippen molar-refractivity contribution < 1.29 is 14.5 Å². The van der Waals surface area contributed by atoms with Crippen molar-refractivity contribution in [3.8, 4) is 12.3 Å². The zero-order valence-corrected chi connectivity index (χ0v) is 9.47. The molecule has 0 aromatic heterocycles. The molecule has 1 aromatic carbocycles. The standard InChI is InChI=1S/C12H11NO4/c1-4-12(2,3)17-11(14)9-5-7-10(8-6-9)13(15)16/h1,5-8H,2-3H3. The van der Waals surface area contributed by atoms with Crippen LogP contribution in [0.4, 0.5) is 5.69 Å². The Morgan fingerprint density at radius 3 is 2.35 bits per heavy atom. The number of carbonyl (C=O) groups is 1. The highest BCUT2D eigenvalue weighted by Gasteiger charge is 2.21. The Labute approximate surface area is 98.5 Å². The third-order valence-corrected chi connectivity index (χ3v) is 2.01. The molecule has 0 saturated heterocycles. The number of nitro benzene ring substituents is 1. The molecule has 1 aromatic rings. The minimum Gasteiger partial charge on any atom is -0.443 e. The van der Waals surface area contributed by atoms with Crippen LogP contribution < -0.4 is 0 Å². The number of non-ortho nitro benzene ring substituents is 1. The Morgan fingerprint density at radius 1 is 1.41 bits per heavy atom. The highest BCUT2D eigenvalue weighted by atomic mass is 16.6. The SMILES string of the molecule is C#CC(C)(C)OC(=O)c1ccc([N+](=O)[O-])cc1. The van der Waals surface area contributed by atoms with Crippen molar-refractivity contribution in [1.82, 2.24) is 0 Å². The van der Waals surface area contributed by atoms with Crippen molar-refractivity contribution in [1.29, 1.82) is 0 Å². The maximum atomic E-state index is 11.6. The van der Waals surface area contributed by atoms with E-state index in [9.17, 15) is 14.9 Å². The van der Waals surface area contributed by atoms with Crippen molar-refractivity contribution in [2.75, 3.05) is 0 Å². The largest absolute Gasteiger partial charge is 0.443 e. The Bertz CT molecular complexity index is 482. The van der Waals surface area contributed by atoms with Gasteiger partial charge in [0.1, 0.15) is 0 Å². The number of esters is 1. The van der Waals surface area contributed by atoms with Gasteiger partial charge in [-0.05, 0) is 26.0 Å². The molecule has 0 saturated carbocycles. The van der Waals surface area contributed by atoms with Crippen LogP contribution in [0.2, 0.25) is 0 Å². The second-order valence-electron chi connectivity index (χ2n) is 3.85. The molecule has 0 fully saturated rings. The van der Waals surface area contributed by atoms with Crippen molar-refractivity contribution in [2.45, 2.75) is 19.4 Å². The van der Waals surface area contributed by atoms with Crippen LogP contribution >= 0.6 is 0 Å². The molecule has 0 aliphatic rings. The number of carbonyl (C=O) groups excluding carboxylic acids is 1. The lowest BCUT2D eigenvalue weighted by Crippen LogP contribution is -2.25. The molecule has 0 aliphatic carbocycles. The quantitative estimate of drug-likeness (QED) is 0.347. The van der Waals surface area contributed by atoms with Crippen LogP contribution in [0.25, 0.3) is 0 Å². The predicted octanol–water partition coefficient (Wildman–Crippen LogP) is 2.16. The number of benzene rings is 1. The third-order valence-electron chi connectivity index (χ3n) is 2.01. The first-order valence-corrected chi connectivity index (χ1v) is 4.81. The van der Waals surface area contributed by atoms with Gasteiger partial charge in [-0.1, -0.05) is 5.92 Å². The van der Waals surface area contributed by atoms with Gasteiger partial charge in [0.25, 0.3) is 5.69 Å². The minimum atomic E-state index is -1.00. The molecule has 0 bridgehead atoms. The van der Waals surface area contributed by atoms with E-state index in [1.54, 1.807) is 13.8 Å². The van der Waals surface area contributed by atoms with Crippen LogP contribution in [-0.2, 0) is 4.74 Å². The number of hydrogen-bond acceptors (Lipinski definition) is 4. The number of nitro groups is 1. The van der Waals surface area contributed by atoms with Crippen LogP contribution in [0, 0.1) is 22.5 Å². The first kappa shape index (κ1) is 12.7. The van der Waals surface area contributed by atoms with Gasteiger partial charge in [0.05, 0.1) is 10.5 Å². The summed E-state index contributed by atoms with van der Waals surface area (Å²) >= 11 is 0. The lowest BCUT2D eigenvalue weighted by atomic mass is 10.1. The van der Waals surface area contributed by atoms with E-state index in [0.717, 1.165) is 0 Å². The summed E-state index contributed by atoms with van der Waals surface area (Å²) in [5, 5.41) is 10.4. The van der Waals surface area contributed by atoms with Gasteiger partial charge in [-0.3, -0.25) is 10.1 Å². The topological polar surface area (TPSA) is 69.4 Å². The molecule has 5 heteroatoms. The third kappa shape index (κ3) is 3.31. The van der Waals surface area contributed by atoms with Gasteiger partial charge >= 0.3 is 5.97 Å². The maximum Gasteiger partial charge on any atom is 0.339 e. The average Bonchev–Trinajstić information content (AvgIpc) is 2.28. The summed E-state index contributed by atoms with van der Waals surface area (Å²) in [5.74, 6) is 1.71. The summed E-state index contributed by atoms with van der Waals surface area (Å²) in [4.78, 5) is 21.5. The van der Waals surface area contributed by atoms with Gasteiger partial charge in [-0.2, -0.15) is 0 Å². The maximum absolute atomic E-state index is 11.6. The normalized spacial score (nSPS) is 10.4. The summed E-state index contributed by atoms with van der Waals surface area (Å²) in [6.07, 6.45) is 5.18. The van der Waals surface area contributed by atoms with Crippen LogP contribution in [0.15, 0.2) is 24.3 Å². The molecule has 0 spiro atoms. The molecule has 0 N–H and O–H groups in total. The van der Waals surface area contributed by atoms with Gasteiger partial charge < -0.3 is 4.74 Å². The lowest BCUT2D eigenvalue weighted by molar-refractivity contribution is -0.384. The average molecular weight is 233 g/mol. The molecular formula is C12H11NO4. The van der Waals surface area contributed by atoms with E-state index >= 15 is 0 Å². The van der Waals surface area contributed by atoms with Crippen LogP contribution in [-0.4, -0.2) is 16.5 Å². The summed E-state index contributed by atoms with van der Waals surface area (Å²) in [6.45, 7) is 3.16. The molecule has 0 atom stereocenters. The van der Waals surface area contributed by atoms with Crippen molar-refractivity contribution in [3.05, 3.63) is 39.9 Å². The first-order chi connectivity index (χ1) is 7.85. The summed E-state index contributed by atoms with van der Waals surface area (Å²) in [7, 11) is 0. The van der Waals surface area contributed by atoms with Gasteiger partial charge in [0.2, 0.25) is 0 Å². The van der Waals surface area contributed by atoms with E-state index in [2.05, 4.69) is 5.92 Å². The van der Waals surface area contributed by atoms with E-state index < -0.39 is 16.5 Å². The Balaban J connectivity index is 2.85. The predicted molar refractivity (Wildman–Crippen MR) is 61.4 cm³/mol. The Kier molecular flexibility index (Phi) is 3.49. The monoisotopic (exact) mass is 233 g/mol. The van der Waals surface area contributed by atoms with Gasteiger partial charge in [-0.25, -0.2) is 4.79 Å². The molecule has 0 heterocycles. The molecule has 17 heavy (non-hydrogen) atoms. The van der Waals surface area contributed by atoms with Crippen molar-refractivity contribution >= 4 is 11.7 Å². The summed E-state index contributed by atoms with van der Waals surface area (Å²) < 4.78 is 5.03. The molecular weight excluding hydrogens is 222 g/mol. The van der Waals surface area contributed by atoms with E-state index in [1.165, 1.54) is 24.3 Å². The zero-order chi connectivity index (χ0) is 13.1. The number of ether oxygens (including phenoxy) is 1. The zero-order valence-electron chi connectivity index (χ0n) is 9.47. The van der Waals surface area contributed by atoms with Gasteiger partial charge in [-0.15, -0.1) is 6.42 Å². The smallest absolute Gasteiger partial charge is 0.339 e. The van der Waals surface area contributed by atoms with Crippen molar-refractivity contribution in [3.63, 3.8) is 0 Å². The van der Waals surface area contributed by atoms with Crippen LogP contribution in [0.5, 0.6) is 0 Å². The summed E-state index contributed by atoms with van der Waals surface area (Å²) in [5.41, 5.74) is -0.865. The second kappa shape index (κ2) is 4.66. The number of rotatable bonds is 3. The molecule has 0 aliphatic heterocycles. The van der Waals surface area contributed by atoms with E-state index in [1.807, 2.05) is 0 Å². The second-order valence-corrected chi connectivity index (χ2v) is 3.85. The highest BCUT2D eigenvalue weighted by Crippen LogP contribution is 2.15. The van der Waals surface area contributed by atoms with Gasteiger partial charge in [0.15, 0.2) is 5.60 Å². The van der Waals surface area contributed by atoms with Crippen LogP contribution in [0.3, 0.4) is 0 Å². The van der Waals surface area contributed by atoms with E-state index in [0.29, 0.717) is 0 Å². The first-order valence-electron chi connectivity index (χ1n) is 4.81. The fourth-order valence-corrected chi connectivity index (χ4v) is 1.04. The van der Waals surface area contributed by atoms with Gasteiger partial charge in [0, 0.05) is 12.1 Å². The molecule has 5 nitrogen and oxygen atoms in total.